The summed E-state index contributed by atoms with van der Waals surface area (Å²) in [4.78, 5) is 36.7. The van der Waals surface area contributed by atoms with Crippen LogP contribution in [0.3, 0.4) is 0 Å². The molecule has 2 aromatic carbocycles. The zero-order valence-electron chi connectivity index (χ0n) is 17.1. The summed E-state index contributed by atoms with van der Waals surface area (Å²) in [6, 6.07) is 14.3. The van der Waals surface area contributed by atoms with Gasteiger partial charge in [0, 0.05) is 24.6 Å². The first kappa shape index (κ1) is 21.2. The number of hydrogen-bond acceptors (Lipinski definition) is 5. The predicted molar refractivity (Wildman–Crippen MR) is 115 cm³/mol. The molecule has 0 radical (unpaired) electrons. The molecule has 0 aliphatic carbocycles. The molecule has 1 unspecified atom stereocenters. The summed E-state index contributed by atoms with van der Waals surface area (Å²) in [5.74, 6) is -0.290. The van der Waals surface area contributed by atoms with Gasteiger partial charge in [-0.15, -0.1) is 5.10 Å². The maximum absolute atomic E-state index is 12.4. The lowest BCUT2D eigenvalue weighted by Gasteiger charge is -2.11. The minimum atomic E-state index is -0.266. The topological polar surface area (TPSA) is 106 Å². The highest BCUT2D eigenvalue weighted by molar-refractivity contribution is 5.92. The van der Waals surface area contributed by atoms with Gasteiger partial charge < -0.3 is 10.6 Å². The van der Waals surface area contributed by atoms with Gasteiger partial charge in [0.2, 0.25) is 11.8 Å². The molecular weight excluding hydrogens is 382 g/mol. The van der Waals surface area contributed by atoms with E-state index < -0.39 is 0 Å². The minimum Gasteiger partial charge on any atom is -0.352 e. The van der Waals surface area contributed by atoms with Crippen molar-refractivity contribution in [2.75, 3.05) is 5.32 Å². The number of fused-ring (bicyclic) bond motifs is 1. The van der Waals surface area contributed by atoms with E-state index in [1.807, 2.05) is 38.1 Å². The van der Waals surface area contributed by atoms with Crippen molar-refractivity contribution in [3.05, 3.63) is 64.4 Å². The number of amides is 2. The van der Waals surface area contributed by atoms with Crippen LogP contribution in [0, 0.1) is 5.92 Å². The molecule has 0 aliphatic rings. The van der Waals surface area contributed by atoms with E-state index in [2.05, 4.69) is 20.9 Å². The minimum absolute atomic E-state index is 0.0272. The van der Waals surface area contributed by atoms with Crippen molar-refractivity contribution in [3.8, 4) is 0 Å². The standard InChI is InChI=1S/C22H25N5O3/c1-3-15(2)21(29)24-17-8-6-7-16(13-17)14-23-20(28)11-12-27-22(30)18-9-4-5-10-19(18)25-26-27/h4-10,13,15H,3,11-12,14H2,1-2H3,(H,23,28)(H,24,29). The summed E-state index contributed by atoms with van der Waals surface area (Å²) in [5, 5.41) is 14.1. The second kappa shape index (κ2) is 9.78. The Kier molecular flexibility index (Phi) is 6.90. The van der Waals surface area contributed by atoms with Crippen LogP contribution in [-0.2, 0) is 22.7 Å². The van der Waals surface area contributed by atoms with Gasteiger partial charge in [-0.25, -0.2) is 4.68 Å². The summed E-state index contributed by atoms with van der Waals surface area (Å²) in [5.41, 5.74) is 1.83. The molecule has 2 N–H and O–H groups in total. The van der Waals surface area contributed by atoms with Gasteiger partial charge >= 0.3 is 0 Å². The first-order valence-corrected chi connectivity index (χ1v) is 9.97. The van der Waals surface area contributed by atoms with Gasteiger partial charge in [0.15, 0.2) is 0 Å². The summed E-state index contributed by atoms with van der Waals surface area (Å²) in [7, 11) is 0. The van der Waals surface area contributed by atoms with Gasteiger partial charge in [-0.05, 0) is 36.2 Å². The van der Waals surface area contributed by atoms with Crippen LogP contribution in [0.25, 0.3) is 10.9 Å². The van der Waals surface area contributed by atoms with E-state index in [9.17, 15) is 14.4 Å². The van der Waals surface area contributed by atoms with Crippen LogP contribution in [-0.4, -0.2) is 26.8 Å². The Morgan fingerprint density at radius 2 is 1.93 bits per heavy atom. The highest BCUT2D eigenvalue weighted by Gasteiger charge is 2.11. The molecule has 30 heavy (non-hydrogen) atoms. The molecule has 8 heteroatoms. The number of aromatic nitrogens is 3. The van der Waals surface area contributed by atoms with E-state index in [4.69, 9.17) is 0 Å². The van der Waals surface area contributed by atoms with Crippen LogP contribution in [0.5, 0.6) is 0 Å². The molecule has 1 atom stereocenters. The van der Waals surface area contributed by atoms with Gasteiger partial charge in [0.1, 0.15) is 5.52 Å². The van der Waals surface area contributed by atoms with Crippen molar-refractivity contribution in [2.45, 2.75) is 39.8 Å². The molecule has 2 amide bonds. The molecular formula is C22H25N5O3. The number of nitrogens with zero attached hydrogens (tertiary/aromatic N) is 3. The molecule has 3 rings (SSSR count). The number of aryl methyl sites for hydroxylation is 1. The van der Waals surface area contributed by atoms with Crippen LogP contribution >= 0.6 is 0 Å². The molecule has 0 saturated carbocycles. The van der Waals surface area contributed by atoms with Crippen molar-refractivity contribution in [1.29, 1.82) is 0 Å². The smallest absolute Gasteiger partial charge is 0.277 e. The maximum Gasteiger partial charge on any atom is 0.277 e. The van der Waals surface area contributed by atoms with Crippen LogP contribution < -0.4 is 16.2 Å². The van der Waals surface area contributed by atoms with Crippen LogP contribution in [0.4, 0.5) is 5.69 Å². The van der Waals surface area contributed by atoms with Gasteiger partial charge in [-0.1, -0.05) is 43.3 Å². The van der Waals surface area contributed by atoms with Gasteiger partial charge in [-0.2, -0.15) is 0 Å². The van der Waals surface area contributed by atoms with E-state index in [0.717, 1.165) is 12.0 Å². The van der Waals surface area contributed by atoms with Crippen LogP contribution in [0.1, 0.15) is 32.3 Å². The Balaban J connectivity index is 1.54. The lowest BCUT2D eigenvalue weighted by molar-refractivity contribution is -0.121. The SMILES string of the molecule is CCC(C)C(=O)Nc1cccc(CNC(=O)CCn2nnc3ccccc3c2=O)c1. The van der Waals surface area contributed by atoms with E-state index in [-0.39, 0.29) is 36.3 Å². The monoisotopic (exact) mass is 407 g/mol. The zero-order chi connectivity index (χ0) is 21.5. The first-order chi connectivity index (χ1) is 14.5. The third-order valence-corrected chi connectivity index (χ3v) is 4.92. The highest BCUT2D eigenvalue weighted by atomic mass is 16.2. The summed E-state index contributed by atoms with van der Waals surface area (Å²) < 4.78 is 1.20. The van der Waals surface area contributed by atoms with Crippen LogP contribution in [0.2, 0.25) is 0 Å². The number of nitrogens with one attached hydrogen (secondary N) is 2. The Labute approximate surface area is 174 Å². The van der Waals surface area contributed by atoms with Gasteiger partial charge in [0.25, 0.3) is 5.56 Å². The van der Waals surface area contributed by atoms with Crippen molar-refractivity contribution in [1.82, 2.24) is 20.3 Å². The van der Waals surface area contributed by atoms with Gasteiger partial charge in [-0.3, -0.25) is 14.4 Å². The fraction of sp³-hybridized carbons (Fsp3) is 0.318. The van der Waals surface area contributed by atoms with E-state index in [0.29, 0.717) is 23.1 Å². The lowest BCUT2D eigenvalue weighted by atomic mass is 10.1. The Bertz CT molecular complexity index is 1110. The highest BCUT2D eigenvalue weighted by Crippen LogP contribution is 2.13. The molecule has 0 spiro atoms. The number of rotatable bonds is 8. The number of anilines is 1. The lowest BCUT2D eigenvalue weighted by Crippen LogP contribution is -2.29. The molecule has 8 nitrogen and oxygen atoms in total. The molecule has 1 heterocycles. The average molecular weight is 407 g/mol. The number of carbonyl (C=O) groups is 2. The van der Waals surface area contributed by atoms with Crippen molar-refractivity contribution >= 4 is 28.4 Å². The first-order valence-electron chi connectivity index (χ1n) is 9.97. The quantitative estimate of drug-likeness (QED) is 0.597. The number of carbonyl (C=O) groups excluding carboxylic acids is 2. The third kappa shape index (κ3) is 5.28. The second-order valence-electron chi connectivity index (χ2n) is 7.16. The normalized spacial score (nSPS) is 11.8. The van der Waals surface area contributed by atoms with E-state index in [1.165, 1.54) is 4.68 Å². The Hall–Kier alpha value is -3.55. The molecule has 156 valence electrons. The number of benzene rings is 2. The van der Waals surface area contributed by atoms with E-state index in [1.54, 1.807) is 24.3 Å². The molecule has 0 aliphatic heterocycles. The van der Waals surface area contributed by atoms with Crippen molar-refractivity contribution in [3.63, 3.8) is 0 Å². The molecule has 1 aromatic heterocycles. The predicted octanol–water partition coefficient (Wildman–Crippen LogP) is 2.48. The van der Waals surface area contributed by atoms with Crippen LogP contribution in [0.15, 0.2) is 53.3 Å². The largest absolute Gasteiger partial charge is 0.352 e. The third-order valence-electron chi connectivity index (χ3n) is 4.92. The molecule has 0 bridgehead atoms. The molecule has 0 fully saturated rings. The summed E-state index contributed by atoms with van der Waals surface area (Å²) >= 11 is 0. The average Bonchev–Trinajstić information content (AvgIpc) is 2.77. The second-order valence-corrected chi connectivity index (χ2v) is 7.16. The van der Waals surface area contributed by atoms with Gasteiger partial charge in [0.05, 0.1) is 11.9 Å². The van der Waals surface area contributed by atoms with E-state index >= 15 is 0 Å². The summed E-state index contributed by atoms with van der Waals surface area (Å²) in [6.07, 6.45) is 0.879. The molecule has 3 aromatic rings. The molecule has 0 saturated heterocycles. The fourth-order valence-electron chi connectivity index (χ4n) is 2.88. The van der Waals surface area contributed by atoms with Crippen molar-refractivity contribution in [2.24, 2.45) is 5.92 Å². The Morgan fingerprint density at radius 3 is 2.73 bits per heavy atom. The van der Waals surface area contributed by atoms with Crippen molar-refractivity contribution < 1.29 is 9.59 Å². The summed E-state index contributed by atoms with van der Waals surface area (Å²) in [6.45, 7) is 4.32. The fourth-order valence-corrected chi connectivity index (χ4v) is 2.88. The Morgan fingerprint density at radius 1 is 1.13 bits per heavy atom. The number of hydrogen-bond donors (Lipinski definition) is 2. The maximum atomic E-state index is 12.4. The zero-order valence-corrected chi connectivity index (χ0v) is 17.1.